The molecule has 0 saturated carbocycles. The van der Waals surface area contributed by atoms with Crippen LogP contribution in [0.1, 0.15) is 23.5 Å². The van der Waals surface area contributed by atoms with Crippen molar-refractivity contribution in [3.05, 3.63) is 124 Å². The third-order valence-corrected chi connectivity index (χ3v) is 6.17. The van der Waals surface area contributed by atoms with Crippen LogP contribution in [-0.2, 0) is 16.2 Å². The molecule has 1 aliphatic rings. The van der Waals surface area contributed by atoms with Crippen LogP contribution >= 0.6 is 0 Å². The van der Waals surface area contributed by atoms with Crippen molar-refractivity contribution in [3.8, 4) is 5.75 Å². The van der Waals surface area contributed by atoms with Gasteiger partial charge in [-0.2, -0.15) is 0 Å². The number of carbonyl (C=O) groups excluding carboxylic acids is 2. The van der Waals surface area contributed by atoms with Crippen molar-refractivity contribution in [2.75, 3.05) is 10.2 Å². The number of nitrogens with one attached hydrogen (secondary N) is 1. The molecule has 4 aromatic carbocycles. The minimum Gasteiger partial charge on any atom is -0.489 e. The van der Waals surface area contributed by atoms with E-state index >= 15 is 0 Å². The van der Waals surface area contributed by atoms with Crippen LogP contribution < -0.4 is 15.0 Å². The highest BCUT2D eigenvalue weighted by atomic mass is 16.6. The zero-order valence-electron chi connectivity index (χ0n) is 19.7. The third-order valence-electron chi connectivity index (χ3n) is 6.17. The maximum absolute atomic E-state index is 13.1. The summed E-state index contributed by atoms with van der Waals surface area (Å²) >= 11 is 0. The summed E-state index contributed by atoms with van der Waals surface area (Å²) < 4.78 is 5.79. The Kier molecular flexibility index (Phi) is 6.63. The van der Waals surface area contributed by atoms with Gasteiger partial charge in [-0.3, -0.25) is 19.7 Å². The fourth-order valence-corrected chi connectivity index (χ4v) is 4.30. The highest BCUT2D eigenvalue weighted by Crippen LogP contribution is 2.37. The molecule has 8 heteroatoms. The molecule has 0 radical (unpaired) electrons. The molecule has 1 atom stereocenters. The van der Waals surface area contributed by atoms with Crippen molar-refractivity contribution in [1.29, 1.82) is 0 Å². The van der Waals surface area contributed by atoms with Crippen molar-refractivity contribution in [2.24, 2.45) is 0 Å². The minimum atomic E-state index is -0.604. The van der Waals surface area contributed by atoms with E-state index in [4.69, 9.17) is 4.74 Å². The number of hydrogen-bond acceptors (Lipinski definition) is 6. The van der Waals surface area contributed by atoms with Gasteiger partial charge in [-0.15, -0.1) is 0 Å². The molecule has 8 nitrogen and oxygen atoms in total. The molecule has 37 heavy (non-hydrogen) atoms. The monoisotopic (exact) mass is 493 g/mol. The van der Waals surface area contributed by atoms with Crippen molar-refractivity contribution in [1.82, 2.24) is 0 Å². The molecule has 1 fully saturated rings. The highest BCUT2D eigenvalue weighted by molar-refractivity contribution is 6.22. The fraction of sp³-hybridized carbons (Fsp3) is 0.103. The van der Waals surface area contributed by atoms with Crippen LogP contribution in [0, 0.1) is 10.1 Å². The predicted octanol–water partition coefficient (Wildman–Crippen LogP) is 5.96. The Balaban J connectivity index is 1.32. The zero-order valence-corrected chi connectivity index (χ0v) is 19.7. The smallest absolute Gasteiger partial charge is 0.294 e. The van der Waals surface area contributed by atoms with Gasteiger partial charge < -0.3 is 10.1 Å². The summed E-state index contributed by atoms with van der Waals surface area (Å²) in [5, 5.41) is 14.9. The average Bonchev–Trinajstić information content (AvgIpc) is 3.23. The van der Waals surface area contributed by atoms with Crippen LogP contribution in [0.5, 0.6) is 5.75 Å². The van der Waals surface area contributed by atoms with Gasteiger partial charge in [0.15, 0.2) is 0 Å². The normalized spacial score (nSPS) is 15.0. The molecule has 0 unspecified atom stereocenters. The summed E-state index contributed by atoms with van der Waals surface area (Å²) in [4.78, 5) is 38.1. The Hall–Kier alpha value is -4.98. The molecular weight excluding hydrogens is 470 g/mol. The number of rotatable bonds is 8. The average molecular weight is 494 g/mol. The number of nitrogens with zero attached hydrogens (tertiary/aromatic N) is 2. The minimum absolute atomic E-state index is 0.0232. The largest absolute Gasteiger partial charge is 0.489 e. The van der Waals surface area contributed by atoms with Gasteiger partial charge in [-0.05, 0) is 47.5 Å². The number of ether oxygens (including phenoxy) is 1. The second-order valence-corrected chi connectivity index (χ2v) is 8.62. The van der Waals surface area contributed by atoms with Gasteiger partial charge in [-0.1, -0.05) is 60.7 Å². The Labute approximate surface area is 213 Å². The Morgan fingerprint density at radius 2 is 1.57 bits per heavy atom. The molecular formula is C29H23N3O5. The van der Waals surface area contributed by atoms with Gasteiger partial charge in [0.1, 0.15) is 18.0 Å². The number of carbonyl (C=O) groups is 2. The van der Waals surface area contributed by atoms with Crippen LogP contribution in [0.15, 0.2) is 103 Å². The first-order valence-corrected chi connectivity index (χ1v) is 11.7. The van der Waals surface area contributed by atoms with Gasteiger partial charge >= 0.3 is 0 Å². The van der Waals surface area contributed by atoms with E-state index in [9.17, 15) is 19.7 Å². The zero-order chi connectivity index (χ0) is 25.8. The quantitative estimate of drug-likeness (QED) is 0.184. The Morgan fingerprint density at radius 1 is 0.892 bits per heavy atom. The van der Waals surface area contributed by atoms with E-state index in [0.29, 0.717) is 18.0 Å². The summed E-state index contributed by atoms with van der Waals surface area (Å²) in [5.41, 5.74) is 2.59. The summed E-state index contributed by atoms with van der Waals surface area (Å²) in [6.45, 7) is 0.430. The number of nitro groups is 1. The third kappa shape index (κ3) is 5.18. The lowest BCUT2D eigenvalue weighted by molar-refractivity contribution is -0.383. The lowest BCUT2D eigenvalue weighted by atomic mass is 9.98. The number of imide groups is 1. The van der Waals surface area contributed by atoms with Crippen LogP contribution in [-0.4, -0.2) is 16.7 Å². The molecule has 1 heterocycles. The van der Waals surface area contributed by atoms with Crippen molar-refractivity contribution in [3.63, 3.8) is 0 Å². The Morgan fingerprint density at radius 3 is 2.24 bits per heavy atom. The van der Waals surface area contributed by atoms with Crippen LogP contribution in [0.3, 0.4) is 0 Å². The molecule has 2 amide bonds. The van der Waals surface area contributed by atoms with Crippen molar-refractivity contribution < 1.29 is 19.2 Å². The molecule has 1 saturated heterocycles. The van der Waals surface area contributed by atoms with E-state index in [0.717, 1.165) is 16.0 Å². The number of amides is 2. The van der Waals surface area contributed by atoms with Gasteiger partial charge in [-0.25, -0.2) is 4.90 Å². The Bertz CT molecular complexity index is 1440. The summed E-state index contributed by atoms with van der Waals surface area (Å²) in [6.07, 6.45) is 0.0232. The lowest BCUT2D eigenvalue weighted by Gasteiger charge is -2.16. The second-order valence-electron chi connectivity index (χ2n) is 8.62. The SMILES string of the molecule is O=C1C[C@@H](c2ccccc2)C(=O)N1c1ccc(Nc2ccc(OCc3ccccc3)cc2)c([N+](=O)[O-])c1. The number of nitro benzene ring substituents is 1. The maximum Gasteiger partial charge on any atom is 0.294 e. The van der Waals surface area contributed by atoms with Gasteiger partial charge in [0.05, 0.1) is 16.5 Å². The highest BCUT2D eigenvalue weighted by Gasteiger charge is 2.40. The first-order chi connectivity index (χ1) is 18.0. The van der Waals surface area contributed by atoms with Crippen molar-refractivity contribution in [2.45, 2.75) is 18.9 Å². The predicted molar refractivity (Wildman–Crippen MR) is 140 cm³/mol. The van der Waals surface area contributed by atoms with E-state index in [1.165, 1.54) is 18.2 Å². The molecule has 184 valence electrons. The van der Waals surface area contributed by atoms with E-state index in [1.807, 2.05) is 48.5 Å². The molecule has 4 aromatic rings. The van der Waals surface area contributed by atoms with Gasteiger partial charge in [0.2, 0.25) is 11.8 Å². The molecule has 0 aromatic heterocycles. The first kappa shape index (κ1) is 23.7. The molecule has 0 aliphatic carbocycles. The second kappa shape index (κ2) is 10.3. The maximum atomic E-state index is 13.1. The van der Waals surface area contributed by atoms with Gasteiger partial charge in [0.25, 0.3) is 5.69 Å². The van der Waals surface area contributed by atoms with Gasteiger partial charge in [0, 0.05) is 18.2 Å². The fourth-order valence-electron chi connectivity index (χ4n) is 4.30. The summed E-state index contributed by atoms with van der Waals surface area (Å²) in [7, 11) is 0. The molecule has 0 bridgehead atoms. The topological polar surface area (TPSA) is 102 Å². The molecule has 1 N–H and O–H groups in total. The molecule has 0 spiro atoms. The number of benzene rings is 4. The first-order valence-electron chi connectivity index (χ1n) is 11.7. The van der Waals surface area contributed by atoms with E-state index in [2.05, 4.69) is 5.32 Å². The summed E-state index contributed by atoms with van der Waals surface area (Å²) in [5.74, 6) is -0.719. The number of hydrogen-bond donors (Lipinski definition) is 1. The molecule has 1 aliphatic heterocycles. The van der Waals surface area contributed by atoms with Crippen LogP contribution in [0.25, 0.3) is 0 Å². The van der Waals surface area contributed by atoms with Crippen molar-refractivity contribution >= 4 is 34.6 Å². The van der Waals surface area contributed by atoms with E-state index in [1.54, 1.807) is 36.4 Å². The summed E-state index contributed by atoms with van der Waals surface area (Å²) in [6, 6.07) is 30.2. The van der Waals surface area contributed by atoms with Crippen LogP contribution in [0.4, 0.5) is 22.7 Å². The van der Waals surface area contributed by atoms with E-state index < -0.39 is 16.7 Å². The van der Waals surface area contributed by atoms with E-state index in [-0.39, 0.29) is 29.4 Å². The lowest BCUT2D eigenvalue weighted by Crippen LogP contribution is -2.30. The number of anilines is 3. The molecule has 5 rings (SSSR count). The standard InChI is InChI=1S/C29H23N3O5/c33-28-18-25(21-9-5-2-6-10-21)29(34)31(28)23-13-16-26(27(17-23)32(35)36)30-22-11-14-24(15-12-22)37-19-20-7-3-1-4-8-20/h1-17,25,30H,18-19H2/t25-/m0/s1. The van der Waals surface area contributed by atoms with Crippen LogP contribution in [0.2, 0.25) is 0 Å².